The molecule has 0 aliphatic carbocycles. The smallest absolute Gasteiger partial charge is 0.146 e. The molecule has 1 saturated heterocycles. The lowest BCUT2D eigenvalue weighted by atomic mass is 9.99. The van der Waals surface area contributed by atoms with Gasteiger partial charge in [-0.15, -0.1) is 0 Å². The van der Waals surface area contributed by atoms with E-state index in [1.54, 1.807) is 0 Å². The normalized spacial score (nSPS) is 19.3. The average Bonchev–Trinajstić information content (AvgIpc) is 2.35. The summed E-state index contributed by atoms with van der Waals surface area (Å²) in [6.45, 7) is 11.3. The molecule has 1 aliphatic heterocycles. The number of aromatic nitrogens is 1. The van der Waals surface area contributed by atoms with Gasteiger partial charge in [0, 0.05) is 30.9 Å². The van der Waals surface area contributed by atoms with Crippen molar-refractivity contribution in [3.63, 3.8) is 0 Å². The van der Waals surface area contributed by atoms with Crippen LogP contribution in [0, 0.1) is 25.2 Å². The quantitative estimate of drug-likeness (QED) is 0.773. The summed E-state index contributed by atoms with van der Waals surface area (Å²) in [7, 11) is 2.15. The molecule has 2 rings (SSSR count). The van der Waals surface area contributed by atoms with Crippen molar-refractivity contribution < 1.29 is 0 Å². The number of aryl methyl sites for hydroxylation is 2. The summed E-state index contributed by atoms with van der Waals surface area (Å²) in [6, 6.07) is 4.23. The molecule has 0 N–H and O–H groups in total. The first-order valence-corrected chi connectivity index (χ1v) is 6.69. The number of anilines is 1. The van der Waals surface area contributed by atoms with Gasteiger partial charge in [0.1, 0.15) is 11.9 Å². The highest BCUT2D eigenvalue weighted by Crippen LogP contribution is 2.26. The molecule has 0 atom stereocenters. The van der Waals surface area contributed by atoms with Crippen LogP contribution in [0.2, 0.25) is 0 Å². The second-order valence-corrected chi connectivity index (χ2v) is 6.03. The predicted octanol–water partition coefficient (Wildman–Crippen LogP) is 2.10. The Balaban J connectivity index is 2.38. The van der Waals surface area contributed by atoms with E-state index in [1.165, 1.54) is 0 Å². The topological polar surface area (TPSA) is 43.2 Å². The molecule has 0 amide bonds. The standard InChI is InChI=1S/C15H22N4/c1-11-8-13(9-16)14(17-12(11)2)19-7-6-18(5)15(3,4)10-19/h8H,6-7,10H2,1-5H3. The second kappa shape index (κ2) is 4.82. The van der Waals surface area contributed by atoms with Crippen molar-refractivity contribution in [3.8, 4) is 6.07 Å². The highest BCUT2D eigenvalue weighted by atomic mass is 15.3. The number of pyridine rings is 1. The molecule has 0 radical (unpaired) electrons. The number of piperazine rings is 1. The van der Waals surface area contributed by atoms with Gasteiger partial charge in [-0.1, -0.05) is 0 Å². The van der Waals surface area contributed by atoms with Crippen LogP contribution in [-0.4, -0.2) is 42.1 Å². The fraction of sp³-hybridized carbons (Fsp3) is 0.600. The van der Waals surface area contributed by atoms with Crippen LogP contribution in [0.4, 0.5) is 5.82 Å². The fourth-order valence-corrected chi connectivity index (χ4v) is 2.44. The van der Waals surface area contributed by atoms with Gasteiger partial charge in [0.05, 0.1) is 5.56 Å². The third-order valence-corrected chi connectivity index (χ3v) is 4.18. The Labute approximate surface area is 115 Å². The lowest BCUT2D eigenvalue weighted by molar-refractivity contribution is 0.138. The van der Waals surface area contributed by atoms with Gasteiger partial charge in [0.2, 0.25) is 0 Å². The van der Waals surface area contributed by atoms with Crippen LogP contribution < -0.4 is 4.90 Å². The maximum Gasteiger partial charge on any atom is 0.146 e. The van der Waals surface area contributed by atoms with Crippen molar-refractivity contribution in [1.82, 2.24) is 9.88 Å². The number of hydrogen-bond donors (Lipinski definition) is 0. The molecule has 19 heavy (non-hydrogen) atoms. The fourth-order valence-electron chi connectivity index (χ4n) is 2.44. The summed E-state index contributed by atoms with van der Waals surface area (Å²) in [5.41, 5.74) is 2.87. The Hall–Kier alpha value is -1.60. The Kier molecular flexibility index (Phi) is 3.51. The Morgan fingerprint density at radius 3 is 2.58 bits per heavy atom. The first-order chi connectivity index (χ1) is 8.85. The van der Waals surface area contributed by atoms with Gasteiger partial charge < -0.3 is 4.90 Å². The average molecular weight is 258 g/mol. The van der Waals surface area contributed by atoms with E-state index >= 15 is 0 Å². The minimum Gasteiger partial charge on any atom is -0.352 e. The van der Waals surface area contributed by atoms with Crippen LogP contribution in [0.25, 0.3) is 0 Å². The molecule has 2 heterocycles. The Morgan fingerprint density at radius 1 is 1.32 bits per heavy atom. The molecule has 102 valence electrons. The van der Waals surface area contributed by atoms with Crippen molar-refractivity contribution in [1.29, 1.82) is 5.26 Å². The molecule has 0 saturated carbocycles. The summed E-state index contributed by atoms with van der Waals surface area (Å²) in [5, 5.41) is 9.32. The minimum atomic E-state index is 0.103. The molecule has 1 fully saturated rings. The monoisotopic (exact) mass is 258 g/mol. The summed E-state index contributed by atoms with van der Waals surface area (Å²) < 4.78 is 0. The molecule has 0 bridgehead atoms. The van der Waals surface area contributed by atoms with Crippen LogP contribution in [0.15, 0.2) is 6.07 Å². The molecule has 0 unspecified atom stereocenters. The van der Waals surface area contributed by atoms with Gasteiger partial charge in [-0.2, -0.15) is 5.26 Å². The zero-order valence-corrected chi connectivity index (χ0v) is 12.5. The third-order valence-electron chi connectivity index (χ3n) is 4.18. The van der Waals surface area contributed by atoms with Crippen molar-refractivity contribution in [2.45, 2.75) is 33.2 Å². The number of hydrogen-bond acceptors (Lipinski definition) is 4. The highest BCUT2D eigenvalue weighted by Gasteiger charge is 2.32. The van der Waals surface area contributed by atoms with Gasteiger partial charge in [0.15, 0.2) is 0 Å². The predicted molar refractivity (Wildman–Crippen MR) is 77.3 cm³/mol. The van der Waals surface area contributed by atoms with Crippen LogP contribution >= 0.6 is 0 Å². The van der Waals surface area contributed by atoms with E-state index < -0.39 is 0 Å². The molecule has 0 spiro atoms. The molecular weight excluding hydrogens is 236 g/mol. The van der Waals surface area contributed by atoms with Crippen LogP contribution in [0.1, 0.15) is 30.7 Å². The molecule has 1 aromatic rings. The van der Waals surface area contributed by atoms with Crippen molar-refractivity contribution in [2.75, 3.05) is 31.6 Å². The summed E-state index contributed by atoms with van der Waals surface area (Å²) in [4.78, 5) is 9.24. The van der Waals surface area contributed by atoms with Gasteiger partial charge in [-0.05, 0) is 46.4 Å². The van der Waals surface area contributed by atoms with Gasteiger partial charge in [-0.25, -0.2) is 4.98 Å². The minimum absolute atomic E-state index is 0.103. The number of nitriles is 1. The summed E-state index contributed by atoms with van der Waals surface area (Å²) in [6.07, 6.45) is 0. The van der Waals surface area contributed by atoms with Crippen LogP contribution in [-0.2, 0) is 0 Å². The zero-order chi connectivity index (χ0) is 14.2. The Bertz CT molecular complexity index is 528. The molecule has 4 heteroatoms. The van der Waals surface area contributed by atoms with Gasteiger partial charge in [0.25, 0.3) is 0 Å². The molecule has 4 nitrogen and oxygen atoms in total. The number of likely N-dealkylation sites (N-methyl/N-ethyl adjacent to an activating group) is 1. The second-order valence-electron chi connectivity index (χ2n) is 6.03. The maximum absolute atomic E-state index is 9.32. The van der Waals surface area contributed by atoms with Crippen LogP contribution in [0.5, 0.6) is 0 Å². The van der Waals surface area contributed by atoms with Crippen LogP contribution in [0.3, 0.4) is 0 Å². The lowest BCUT2D eigenvalue weighted by Crippen LogP contribution is -2.58. The summed E-state index contributed by atoms with van der Waals surface area (Å²) in [5.74, 6) is 0.840. The van der Waals surface area contributed by atoms with E-state index in [4.69, 9.17) is 0 Å². The van der Waals surface area contributed by atoms with E-state index in [0.717, 1.165) is 36.7 Å². The van der Waals surface area contributed by atoms with Gasteiger partial charge in [-0.3, -0.25) is 4.90 Å². The summed E-state index contributed by atoms with van der Waals surface area (Å²) >= 11 is 0. The van der Waals surface area contributed by atoms with Crippen molar-refractivity contribution >= 4 is 5.82 Å². The Morgan fingerprint density at radius 2 is 2.00 bits per heavy atom. The zero-order valence-electron chi connectivity index (χ0n) is 12.5. The highest BCUT2D eigenvalue weighted by molar-refractivity contribution is 5.56. The van der Waals surface area contributed by atoms with E-state index in [9.17, 15) is 5.26 Å². The largest absolute Gasteiger partial charge is 0.352 e. The number of nitrogens with zero attached hydrogens (tertiary/aromatic N) is 4. The number of rotatable bonds is 1. The molecule has 1 aliphatic rings. The SMILES string of the molecule is Cc1cc(C#N)c(N2CCN(C)C(C)(C)C2)nc1C. The first-order valence-electron chi connectivity index (χ1n) is 6.69. The third kappa shape index (κ3) is 2.57. The van der Waals surface area contributed by atoms with E-state index in [2.05, 4.69) is 41.7 Å². The van der Waals surface area contributed by atoms with E-state index in [1.807, 2.05) is 19.9 Å². The maximum atomic E-state index is 9.32. The molecule has 1 aromatic heterocycles. The van der Waals surface area contributed by atoms with Gasteiger partial charge >= 0.3 is 0 Å². The molecular formula is C15H22N4. The first kappa shape index (κ1) is 13.8. The van der Waals surface area contributed by atoms with Crippen molar-refractivity contribution in [2.24, 2.45) is 0 Å². The molecule has 0 aromatic carbocycles. The van der Waals surface area contributed by atoms with Crippen molar-refractivity contribution in [3.05, 3.63) is 22.9 Å². The van der Waals surface area contributed by atoms with E-state index in [0.29, 0.717) is 5.56 Å². The lowest BCUT2D eigenvalue weighted by Gasteiger charge is -2.46. The van der Waals surface area contributed by atoms with E-state index in [-0.39, 0.29) is 5.54 Å².